The normalized spacial score (nSPS) is 16.2. The molecule has 0 amide bonds. The molecule has 7 heteroatoms. The maximum atomic E-state index is 14.1. The van der Waals surface area contributed by atoms with E-state index in [0.717, 1.165) is 5.56 Å². The zero-order valence-corrected chi connectivity index (χ0v) is 20.3. The van der Waals surface area contributed by atoms with Gasteiger partial charge in [0.15, 0.2) is 0 Å². The van der Waals surface area contributed by atoms with Crippen molar-refractivity contribution in [3.05, 3.63) is 101 Å². The number of anilines is 1. The number of benzene rings is 3. The number of hydrogen-bond donors (Lipinski definition) is 1. The van der Waals surface area contributed by atoms with E-state index in [4.69, 9.17) is 4.74 Å². The molecule has 6 nitrogen and oxygen atoms in total. The number of esters is 1. The minimum Gasteiger partial charge on any atom is -0.507 e. The van der Waals surface area contributed by atoms with Crippen LogP contribution in [0.3, 0.4) is 0 Å². The van der Waals surface area contributed by atoms with Gasteiger partial charge in [-0.15, -0.1) is 0 Å². The minimum absolute atomic E-state index is 0.0822. The van der Waals surface area contributed by atoms with E-state index in [1.165, 1.54) is 4.31 Å². The van der Waals surface area contributed by atoms with Crippen LogP contribution in [0, 0.1) is 6.92 Å². The standard InChI is InChI=1S/C27H27NO5S/c1-18-14-16-20(17-15-18)34(31,32)28-22-13-9-8-12-21(22)25(29)23(26(30)33-27(2,3)4)24(28)19-10-6-5-7-11-19/h5-17,24,29H,1-4H3/t24-/m1/s1. The second kappa shape index (κ2) is 8.65. The number of rotatable bonds is 4. The van der Waals surface area contributed by atoms with Crippen molar-refractivity contribution in [3.8, 4) is 0 Å². The predicted octanol–water partition coefficient (Wildman–Crippen LogP) is 5.56. The van der Waals surface area contributed by atoms with E-state index in [-0.39, 0.29) is 27.5 Å². The van der Waals surface area contributed by atoms with Gasteiger partial charge in [0.05, 0.1) is 10.6 Å². The Labute approximate surface area is 200 Å². The van der Waals surface area contributed by atoms with Crippen molar-refractivity contribution in [2.45, 2.75) is 44.2 Å². The molecule has 3 aromatic rings. The Kier molecular flexibility index (Phi) is 6.00. The van der Waals surface area contributed by atoms with Gasteiger partial charge in [-0.1, -0.05) is 60.2 Å². The van der Waals surface area contributed by atoms with Crippen LogP contribution >= 0.6 is 0 Å². The Balaban J connectivity index is 2.03. The van der Waals surface area contributed by atoms with E-state index in [1.54, 1.807) is 99.6 Å². The summed E-state index contributed by atoms with van der Waals surface area (Å²) in [5.41, 5.74) is 0.997. The molecule has 0 aliphatic carbocycles. The van der Waals surface area contributed by atoms with Crippen molar-refractivity contribution in [1.82, 2.24) is 0 Å². The quantitative estimate of drug-likeness (QED) is 0.498. The van der Waals surface area contributed by atoms with Gasteiger partial charge in [0.1, 0.15) is 23.0 Å². The molecule has 1 N–H and O–H groups in total. The van der Waals surface area contributed by atoms with Crippen LogP contribution in [0.4, 0.5) is 5.69 Å². The molecule has 0 bridgehead atoms. The maximum Gasteiger partial charge on any atom is 0.340 e. The van der Waals surface area contributed by atoms with Gasteiger partial charge in [-0.2, -0.15) is 0 Å². The zero-order valence-electron chi connectivity index (χ0n) is 19.5. The third kappa shape index (κ3) is 4.31. The van der Waals surface area contributed by atoms with Crippen LogP contribution in [0.5, 0.6) is 0 Å². The summed E-state index contributed by atoms with van der Waals surface area (Å²) < 4.78 is 35.0. The SMILES string of the molecule is Cc1ccc(S(=O)(=O)N2c3ccccc3C(O)=C(C(=O)OC(C)(C)C)[C@H]2c2ccccc2)cc1. The smallest absolute Gasteiger partial charge is 0.340 e. The first-order chi connectivity index (χ1) is 16.0. The van der Waals surface area contributed by atoms with Crippen LogP contribution in [0.25, 0.3) is 5.76 Å². The van der Waals surface area contributed by atoms with Gasteiger partial charge in [0, 0.05) is 5.56 Å². The van der Waals surface area contributed by atoms with Crippen LogP contribution < -0.4 is 4.31 Å². The Morgan fingerprint density at radius 1 is 0.912 bits per heavy atom. The van der Waals surface area contributed by atoms with Crippen LogP contribution in [0.1, 0.15) is 43.5 Å². The molecule has 0 aromatic heterocycles. The number of ether oxygens (including phenoxy) is 1. The Hall–Kier alpha value is -3.58. The molecule has 1 heterocycles. The largest absolute Gasteiger partial charge is 0.507 e. The van der Waals surface area contributed by atoms with Gasteiger partial charge in [-0.25, -0.2) is 13.2 Å². The maximum absolute atomic E-state index is 14.1. The Morgan fingerprint density at radius 2 is 1.50 bits per heavy atom. The second-order valence-electron chi connectivity index (χ2n) is 9.21. The molecule has 1 atom stereocenters. The molecular weight excluding hydrogens is 450 g/mol. The first-order valence-electron chi connectivity index (χ1n) is 10.9. The number of carbonyl (C=O) groups is 1. The molecule has 0 radical (unpaired) electrons. The summed E-state index contributed by atoms with van der Waals surface area (Å²) in [6.45, 7) is 7.04. The number of aliphatic hydroxyl groups is 1. The molecule has 0 saturated carbocycles. The summed E-state index contributed by atoms with van der Waals surface area (Å²) in [5, 5.41) is 11.3. The topological polar surface area (TPSA) is 83.9 Å². The third-order valence-electron chi connectivity index (χ3n) is 5.47. The molecule has 4 rings (SSSR count). The van der Waals surface area contributed by atoms with Crippen LogP contribution in [-0.2, 0) is 19.6 Å². The lowest BCUT2D eigenvalue weighted by Gasteiger charge is -2.39. The number of fused-ring (bicyclic) bond motifs is 1. The fourth-order valence-electron chi connectivity index (χ4n) is 3.97. The summed E-state index contributed by atoms with van der Waals surface area (Å²) in [6, 6.07) is 20.8. The molecule has 1 aliphatic heterocycles. The average molecular weight is 478 g/mol. The highest BCUT2D eigenvalue weighted by Crippen LogP contribution is 2.47. The predicted molar refractivity (Wildman–Crippen MR) is 132 cm³/mol. The van der Waals surface area contributed by atoms with E-state index in [9.17, 15) is 18.3 Å². The first-order valence-corrected chi connectivity index (χ1v) is 12.4. The highest BCUT2D eigenvalue weighted by molar-refractivity contribution is 7.92. The number of carbonyl (C=O) groups excluding carboxylic acids is 1. The van der Waals surface area contributed by atoms with E-state index in [1.807, 2.05) is 6.92 Å². The van der Waals surface area contributed by atoms with Gasteiger partial charge >= 0.3 is 5.97 Å². The monoisotopic (exact) mass is 477 g/mol. The molecule has 3 aromatic carbocycles. The fourth-order valence-corrected chi connectivity index (χ4v) is 5.60. The number of aryl methyl sites for hydroxylation is 1. The van der Waals surface area contributed by atoms with E-state index < -0.39 is 27.6 Å². The minimum atomic E-state index is -4.14. The summed E-state index contributed by atoms with van der Waals surface area (Å²) in [4.78, 5) is 13.5. The molecule has 1 aliphatic rings. The summed E-state index contributed by atoms with van der Waals surface area (Å²) in [7, 11) is -4.14. The van der Waals surface area contributed by atoms with Gasteiger partial charge in [0.25, 0.3) is 10.0 Å². The number of aliphatic hydroxyl groups excluding tert-OH is 1. The van der Waals surface area contributed by atoms with Gasteiger partial charge in [-0.05, 0) is 57.5 Å². The fraction of sp³-hybridized carbons (Fsp3) is 0.222. The van der Waals surface area contributed by atoms with E-state index in [2.05, 4.69) is 0 Å². The number of hydrogen-bond acceptors (Lipinski definition) is 5. The molecule has 0 spiro atoms. The Bertz CT molecular complexity index is 1350. The summed E-state index contributed by atoms with van der Waals surface area (Å²) >= 11 is 0. The van der Waals surface area contributed by atoms with Crippen molar-refractivity contribution < 1.29 is 23.1 Å². The lowest BCUT2D eigenvalue weighted by Crippen LogP contribution is -2.42. The summed E-state index contributed by atoms with van der Waals surface area (Å²) in [5.74, 6) is -1.08. The lowest BCUT2D eigenvalue weighted by molar-refractivity contribution is -0.150. The molecule has 0 saturated heterocycles. The number of nitrogens with zero attached hydrogens (tertiary/aromatic N) is 1. The molecular formula is C27H27NO5S. The molecule has 0 fully saturated rings. The zero-order chi connectivity index (χ0) is 24.7. The average Bonchev–Trinajstić information content (AvgIpc) is 2.78. The van der Waals surface area contributed by atoms with E-state index >= 15 is 0 Å². The van der Waals surface area contributed by atoms with Crippen molar-refractivity contribution in [2.24, 2.45) is 0 Å². The van der Waals surface area contributed by atoms with Crippen molar-refractivity contribution in [2.75, 3.05) is 4.31 Å². The van der Waals surface area contributed by atoms with Crippen LogP contribution in [0.15, 0.2) is 89.3 Å². The van der Waals surface area contributed by atoms with Crippen molar-refractivity contribution >= 4 is 27.4 Å². The molecule has 0 unspecified atom stereocenters. The van der Waals surface area contributed by atoms with E-state index in [0.29, 0.717) is 5.56 Å². The van der Waals surface area contributed by atoms with Crippen molar-refractivity contribution in [3.63, 3.8) is 0 Å². The highest BCUT2D eigenvalue weighted by atomic mass is 32.2. The summed E-state index contributed by atoms with van der Waals surface area (Å²) in [6.07, 6.45) is 0. The lowest BCUT2D eigenvalue weighted by atomic mass is 9.90. The van der Waals surface area contributed by atoms with Gasteiger partial charge in [0.2, 0.25) is 0 Å². The molecule has 176 valence electrons. The molecule has 34 heavy (non-hydrogen) atoms. The Morgan fingerprint density at radius 3 is 2.12 bits per heavy atom. The van der Waals surface area contributed by atoms with Crippen LogP contribution in [-0.4, -0.2) is 25.1 Å². The third-order valence-corrected chi connectivity index (χ3v) is 7.26. The van der Waals surface area contributed by atoms with Gasteiger partial charge in [-0.3, -0.25) is 4.31 Å². The number of sulfonamides is 1. The number of para-hydroxylation sites is 1. The second-order valence-corrected chi connectivity index (χ2v) is 11.0. The van der Waals surface area contributed by atoms with Crippen molar-refractivity contribution in [1.29, 1.82) is 0 Å². The van der Waals surface area contributed by atoms with Gasteiger partial charge < -0.3 is 9.84 Å². The first kappa shape index (κ1) is 23.6. The highest BCUT2D eigenvalue weighted by Gasteiger charge is 2.45. The van der Waals surface area contributed by atoms with Crippen LogP contribution in [0.2, 0.25) is 0 Å².